The Morgan fingerprint density at radius 2 is 2.08 bits per heavy atom. The maximum Gasteiger partial charge on any atom is 0.249 e. The van der Waals surface area contributed by atoms with Crippen molar-refractivity contribution >= 4 is 28.3 Å². The summed E-state index contributed by atoms with van der Waals surface area (Å²) in [4.78, 5) is 13.6. The van der Waals surface area contributed by atoms with Crippen molar-refractivity contribution in [2.45, 2.75) is 46.0 Å². The number of nitrogens with one attached hydrogen (secondary N) is 1. The van der Waals surface area contributed by atoms with Crippen molar-refractivity contribution in [3.8, 4) is 6.07 Å². The zero-order chi connectivity index (χ0) is 18.7. The van der Waals surface area contributed by atoms with E-state index >= 15 is 0 Å². The number of benzene rings is 1. The monoisotopic (exact) mass is 364 g/mol. The lowest BCUT2D eigenvalue weighted by atomic mass is 9.89. The van der Waals surface area contributed by atoms with Gasteiger partial charge in [0.25, 0.3) is 0 Å². The third kappa shape index (κ3) is 4.05. The van der Waals surface area contributed by atoms with E-state index in [-0.39, 0.29) is 5.91 Å². The molecule has 0 aliphatic heterocycles. The highest BCUT2D eigenvalue weighted by Gasteiger charge is 2.24. The number of rotatable bonds is 4. The lowest BCUT2D eigenvalue weighted by Gasteiger charge is -2.17. The van der Waals surface area contributed by atoms with Gasteiger partial charge in [0.05, 0.1) is 5.56 Å². The fraction of sp³-hybridized carbons (Fsp3) is 0.364. The maximum atomic E-state index is 12.3. The normalized spacial score (nSPS) is 16.5. The third-order valence-electron chi connectivity index (χ3n) is 4.89. The van der Waals surface area contributed by atoms with Gasteiger partial charge in [-0.05, 0) is 53.9 Å². The molecule has 134 valence electrons. The van der Waals surface area contributed by atoms with Crippen molar-refractivity contribution in [1.29, 1.82) is 5.26 Å². The number of carbonyl (C=O) groups excluding carboxylic acids is 1. The number of nitrogens with zero attached hydrogens (tertiary/aromatic N) is 1. The number of nitriles is 1. The summed E-state index contributed by atoms with van der Waals surface area (Å²) in [6, 6.07) is 10.5. The van der Waals surface area contributed by atoms with Gasteiger partial charge in [-0.2, -0.15) is 5.26 Å². The Morgan fingerprint density at radius 1 is 1.35 bits per heavy atom. The second-order valence-electron chi connectivity index (χ2n) is 7.31. The molecule has 1 aliphatic carbocycles. The molecule has 3 nitrogen and oxygen atoms in total. The minimum atomic E-state index is -0.193. The topological polar surface area (TPSA) is 52.9 Å². The standard InChI is InChI=1S/C22H24N2OS/c1-14(2)17-8-5-16(6-9-17)7-11-21(25)24-22-19(13-23)18-10-4-15(3)12-20(18)26-22/h5-9,11,14-15H,4,10,12H2,1-3H3,(H,24,25)/b11-7+/t15-/m1/s1. The lowest BCUT2D eigenvalue weighted by Crippen LogP contribution is -2.10. The van der Waals surface area contributed by atoms with E-state index < -0.39 is 0 Å². The molecule has 1 aromatic heterocycles. The van der Waals surface area contributed by atoms with Gasteiger partial charge in [0.15, 0.2) is 0 Å². The Labute approximate surface area is 159 Å². The van der Waals surface area contributed by atoms with Gasteiger partial charge >= 0.3 is 0 Å². The van der Waals surface area contributed by atoms with Gasteiger partial charge in [0.1, 0.15) is 11.1 Å². The summed E-state index contributed by atoms with van der Waals surface area (Å²) in [7, 11) is 0. The highest BCUT2D eigenvalue weighted by molar-refractivity contribution is 7.16. The number of hydrogen-bond donors (Lipinski definition) is 1. The Balaban J connectivity index is 1.71. The van der Waals surface area contributed by atoms with Crippen LogP contribution >= 0.6 is 11.3 Å². The Morgan fingerprint density at radius 3 is 2.73 bits per heavy atom. The molecule has 1 heterocycles. The molecule has 0 bridgehead atoms. The molecule has 0 radical (unpaired) electrons. The van der Waals surface area contributed by atoms with E-state index in [1.165, 1.54) is 16.5 Å². The van der Waals surface area contributed by atoms with Crippen LogP contribution in [0.25, 0.3) is 6.08 Å². The van der Waals surface area contributed by atoms with Crippen molar-refractivity contribution in [1.82, 2.24) is 0 Å². The summed E-state index contributed by atoms with van der Waals surface area (Å²) in [5.74, 6) is 0.944. The molecule has 3 rings (SSSR count). The van der Waals surface area contributed by atoms with Crippen LogP contribution in [-0.4, -0.2) is 5.91 Å². The number of thiophene rings is 1. The van der Waals surface area contributed by atoms with Crippen LogP contribution in [0.4, 0.5) is 5.00 Å². The Bertz CT molecular complexity index is 869. The van der Waals surface area contributed by atoms with E-state index in [4.69, 9.17) is 0 Å². The van der Waals surface area contributed by atoms with E-state index in [0.717, 1.165) is 30.4 Å². The summed E-state index contributed by atoms with van der Waals surface area (Å²) >= 11 is 1.56. The van der Waals surface area contributed by atoms with Crippen molar-refractivity contribution < 1.29 is 4.79 Å². The van der Waals surface area contributed by atoms with E-state index in [1.807, 2.05) is 12.1 Å². The first-order valence-electron chi connectivity index (χ1n) is 9.11. The molecule has 1 N–H and O–H groups in total. The van der Waals surface area contributed by atoms with Gasteiger partial charge < -0.3 is 5.32 Å². The van der Waals surface area contributed by atoms with Gasteiger partial charge in [0.2, 0.25) is 5.91 Å². The molecular weight excluding hydrogens is 340 g/mol. The first-order chi connectivity index (χ1) is 12.5. The lowest BCUT2D eigenvalue weighted by molar-refractivity contribution is -0.111. The van der Waals surface area contributed by atoms with Gasteiger partial charge in [-0.1, -0.05) is 45.0 Å². The minimum Gasteiger partial charge on any atom is -0.313 e. The zero-order valence-corrected chi connectivity index (χ0v) is 16.3. The summed E-state index contributed by atoms with van der Waals surface area (Å²) in [5.41, 5.74) is 4.06. The Kier molecular flexibility index (Phi) is 5.58. The molecule has 0 saturated heterocycles. The highest BCUT2D eigenvalue weighted by atomic mass is 32.1. The SMILES string of the molecule is CC(C)c1ccc(/C=C/C(=O)Nc2sc3c(c2C#N)CC[C@@H](C)C3)cc1. The van der Waals surface area contributed by atoms with Crippen LogP contribution in [0, 0.1) is 17.2 Å². The van der Waals surface area contributed by atoms with Crippen molar-refractivity contribution in [2.24, 2.45) is 5.92 Å². The van der Waals surface area contributed by atoms with Crippen LogP contribution in [0.5, 0.6) is 0 Å². The second kappa shape index (κ2) is 7.88. The smallest absolute Gasteiger partial charge is 0.249 e. The van der Waals surface area contributed by atoms with Crippen LogP contribution in [-0.2, 0) is 17.6 Å². The predicted molar refractivity (Wildman–Crippen MR) is 108 cm³/mol. The van der Waals surface area contributed by atoms with Crippen LogP contribution in [0.1, 0.15) is 60.2 Å². The first-order valence-corrected chi connectivity index (χ1v) is 9.93. The molecule has 2 aromatic rings. The maximum absolute atomic E-state index is 12.3. The minimum absolute atomic E-state index is 0.193. The fourth-order valence-corrected chi connectivity index (χ4v) is 4.64. The van der Waals surface area contributed by atoms with Gasteiger partial charge in [-0.3, -0.25) is 4.79 Å². The Hall–Kier alpha value is -2.38. The number of fused-ring (bicyclic) bond motifs is 1. The van der Waals surface area contributed by atoms with Gasteiger partial charge in [0, 0.05) is 11.0 Å². The predicted octanol–water partition coefficient (Wildman–Crippen LogP) is 5.52. The molecule has 0 spiro atoms. The fourth-order valence-electron chi connectivity index (χ4n) is 3.27. The summed E-state index contributed by atoms with van der Waals surface area (Å²) in [6.45, 7) is 6.55. The summed E-state index contributed by atoms with van der Waals surface area (Å²) in [5, 5.41) is 13.1. The van der Waals surface area contributed by atoms with Crippen molar-refractivity contribution in [2.75, 3.05) is 5.32 Å². The van der Waals surface area contributed by atoms with E-state index in [2.05, 4.69) is 44.3 Å². The quantitative estimate of drug-likeness (QED) is 0.726. The van der Waals surface area contributed by atoms with E-state index in [1.54, 1.807) is 17.4 Å². The molecular formula is C22H24N2OS. The summed E-state index contributed by atoms with van der Waals surface area (Å²) in [6.07, 6.45) is 6.39. The molecule has 0 saturated carbocycles. The molecule has 1 amide bonds. The van der Waals surface area contributed by atoms with Crippen LogP contribution in [0.15, 0.2) is 30.3 Å². The molecule has 1 atom stereocenters. The average molecular weight is 365 g/mol. The van der Waals surface area contributed by atoms with Crippen molar-refractivity contribution in [3.63, 3.8) is 0 Å². The van der Waals surface area contributed by atoms with Gasteiger partial charge in [-0.25, -0.2) is 0 Å². The van der Waals surface area contributed by atoms with Crippen LogP contribution < -0.4 is 5.32 Å². The average Bonchev–Trinajstić information content (AvgIpc) is 2.96. The zero-order valence-electron chi connectivity index (χ0n) is 15.5. The molecule has 1 aromatic carbocycles. The second-order valence-corrected chi connectivity index (χ2v) is 8.42. The highest BCUT2D eigenvalue weighted by Crippen LogP contribution is 2.39. The number of hydrogen-bond acceptors (Lipinski definition) is 3. The van der Waals surface area contributed by atoms with Crippen molar-refractivity contribution in [3.05, 3.63) is 57.5 Å². The largest absolute Gasteiger partial charge is 0.313 e. The van der Waals surface area contributed by atoms with E-state index in [9.17, 15) is 10.1 Å². The molecule has 1 aliphatic rings. The molecule has 26 heavy (non-hydrogen) atoms. The molecule has 0 fully saturated rings. The summed E-state index contributed by atoms with van der Waals surface area (Å²) < 4.78 is 0. The van der Waals surface area contributed by atoms with Crippen LogP contribution in [0.2, 0.25) is 0 Å². The van der Waals surface area contributed by atoms with Gasteiger partial charge in [-0.15, -0.1) is 11.3 Å². The number of carbonyl (C=O) groups is 1. The number of amides is 1. The molecule has 0 unspecified atom stereocenters. The third-order valence-corrected chi connectivity index (χ3v) is 6.06. The first kappa shape index (κ1) is 18.4. The van der Waals surface area contributed by atoms with E-state index in [0.29, 0.717) is 22.4 Å². The number of anilines is 1. The van der Waals surface area contributed by atoms with Crippen LogP contribution in [0.3, 0.4) is 0 Å². The molecule has 4 heteroatoms.